The Morgan fingerprint density at radius 2 is 0.907 bits per heavy atom. The maximum atomic E-state index is 12.7. The van der Waals surface area contributed by atoms with Crippen molar-refractivity contribution < 1.29 is 14.3 Å². The summed E-state index contributed by atoms with van der Waals surface area (Å²) >= 11 is 0. The molecule has 6 atom stereocenters. The fourth-order valence-corrected chi connectivity index (χ4v) is 6.56. The SMILES string of the molecule is C.C.CC(CC(CC(CC(CC1C(=O)OC(=O)C1C)c1ccccc1)c1ccccc1)c1ccccc1)c1ccccc1. The van der Waals surface area contributed by atoms with E-state index in [1.54, 1.807) is 0 Å². The molecule has 1 fully saturated rings. The summed E-state index contributed by atoms with van der Waals surface area (Å²) in [6.45, 7) is 4.16. The van der Waals surface area contributed by atoms with Gasteiger partial charge in [-0.1, -0.05) is 150 Å². The van der Waals surface area contributed by atoms with E-state index in [1.165, 1.54) is 22.3 Å². The van der Waals surface area contributed by atoms with Crippen LogP contribution in [0.4, 0.5) is 0 Å². The van der Waals surface area contributed by atoms with Gasteiger partial charge >= 0.3 is 11.9 Å². The zero-order chi connectivity index (χ0) is 28.6. The summed E-state index contributed by atoms with van der Waals surface area (Å²) in [5.41, 5.74) is 5.26. The summed E-state index contributed by atoms with van der Waals surface area (Å²) < 4.78 is 5.04. The number of benzene rings is 4. The molecule has 1 aliphatic heterocycles. The largest absolute Gasteiger partial charge is 0.393 e. The van der Waals surface area contributed by atoms with E-state index in [-0.39, 0.29) is 32.7 Å². The fraction of sp³-hybridized carbons (Fsp3) is 0.350. The van der Waals surface area contributed by atoms with Crippen LogP contribution in [0.15, 0.2) is 121 Å². The molecule has 3 heteroatoms. The fourth-order valence-electron chi connectivity index (χ4n) is 6.56. The van der Waals surface area contributed by atoms with Gasteiger partial charge in [0, 0.05) is 0 Å². The predicted octanol–water partition coefficient (Wildman–Crippen LogP) is 10.3. The Labute approximate surface area is 259 Å². The number of hydrogen-bond acceptors (Lipinski definition) is 3. The normalized spacial score (nSPS) is 18.8. The minimum Gasteiger partial charge on any atom is -0.393 e. The average molecular weight is 577 g/mol. The Kier molecular flexibility index (Phi) is 12.5. The maximum Gasteiger partial charge on any atom is 0.317 e. The summed E-state index contributed by atoms with van der Waals surface area (Å²) in [5, 5.41) is 0. The second-order valence-electron chi connectivity index (χ2n) is 11.7. The molecule has 226 valence electrons. The highest BCUT2D eigenvalue weighted by atomic mass is 16.6. The molecule has 0 radical (unpaired) electrons. The van der Waals surface area contributed by atoms with Crippen molar-refractivity contribution in [3.05, 3.63) is 144 Å². The lowest BCUT2D eigenvalue weighted by molar-refractivity contribution is -0.153. The molecule has 1 saturated heterocycles. The second kappa shape index (κ2) is 16.0. The summed E-state index contributed by atoms with van der Waals surface area (Å²) in [4.78, 5) is 24.9. The van der Waals surface area contributed by atoms with Crippen molar-refractivity contribution >= 4 is 11.9 Å². The summed E-state index contributed by atoms with van der Waals surface area (Å²) in [6.07, 6.45) is 3.54. The lowest BCUT2D eigenvalue weighted by Crippen LogP contribution is -2.20. The number of ether oxygens (including phenoxy) is 1. The highest BCUT2D eigenvalue weighted by Crippen LogP contribution is 2.44. The molecule has 1 aliphatic rings. The van der Waals surface area contributed by atoms with Gasteiger partial charge in [0.05, 0.1) is 11.8 Å². The molecule has 5 rings (SSSR count). The maximum absolute atomic E-state index is 12.7. The third-order valence-electron chi connectivity index (χ3n) is 8.98. The molecule has 0 amide bonds. The molecule has 0 N–H and O–H groups in total. The first kappa shape index (κ1) is 33.5. The number of carbonyl (C=O) groups is 2. The van der Waals surface area contributed by atoms with Crippen molar-refractivity contribution in [2.75, 3.05) is 0 Å². The van der Waals surface area contributed by atoms with E-state index >= 15 is 0 Å². The molecular formula is C40H48O3. The molecule has 4 aromatic rings. The number of rotatable bonds is 12. The van der Waals surface area contributed by atoms with Gasteiger partial charge in [0.1, 0.15) is 0 Å². The third kappa shape index (κ3) is 8.54. The molecule has 0 saturated carbocycles. The van der Waals surface area contributed by atoms with Crippen LogP contribution in [0.1, 0.15) is 100 Å². The van der Waals surface area contributed by atoms with Crippen LogP contribution < -0.4 is 0 Å². The summed E-state index contributed by atoms with van der Waals surface area (Å²) in [7, 11) is 0. The number of carbonyl (C=O) groups excluding carboxylic acids is 2. The monoisotopic (exact) mass is 576 g/mol. The van der Waals surface area contributed by atoms with Crippen molar-refractivity contribution in [1.29, 1.82) is 0 Å². The van der Waals surface area contributed by atoms with E-state index in [2.05, 4.69) is 122 Å². The standard InChI is InChI=1S/C38H40O3.2CH4/c1-27(29-15-7-3-8-16-29)23-33(30-17-9-4-10-18-30)24-34(31-19-11-5-12-20-31)25-35(32-21-13-6-14-22-32)26-36-28(2)37(39)41-38(36)40;;/h3-22,27-28,33-36H,23-26H2,1-2H3;2*1H4. The van der Waals surface area contributed by atoms with E-state index in [0.29, 0.717) is 18.3 Å². The Balaban J connectivity index is 0.00000253. The van der Waals surface area contributed by atoms with Gasteiger partial charge in [-0.25, -0.2) is 0 Å². The van der Waals surface area contributed by atoms with E-state index < -0.39 is 17.8 Å². The van der Waals surface area contributed by atoms with E-state index in [1.807, 2.05) is 13.0 Å². The molecule has 4 aromatic carbocycles. The minimum absolute atomic E-state index is 0. The molecule has 6 unspecified atom stereocenters. The molecule has 43 heavy (non-hydrogen) atoms. The Bertz CT molecular complexity index is 1390. The Morgan fingerprint density at radius 1 is 0.535 bits per heavy atom. The van der Waals surface area contributed by atoms with Crippen molar-refractivity contribution in [2.45, 2.75) is 78.1 Å². The topological polar surface area (TPSA) is 43.4 Å². The Morgan fingerprint density at radius 3 is 1.33 bits per heavy atom. The first-order chi connectivity index (χ1) is 20.0. The van der Waals surface area contributed by atoms with E-state index in [0.717, 1.165) is 19.3 Å². The smallest absolute Gasteiger partial charge is 0.317 e. The number of esters is 2. The van der Waals surface area contributed by atoms with Crippen molar-refractivity contribution in [1.82, 2.24) is 0 Å². The van der Waals surface area contributed by atoms with Crippen LogP contribution in [0, 0.1) is 11.8 Å². The van der Waals surface area contributed by atoms with Gasteiger partial charge in [-0.3, -0.25) is 9.59 Å². The Hall–Kier alpha value is -3.98. The van der Waals surface area contributed by atoms with Gasteiger partial charge in [-0.05, 0) is 71.6 Å². The van der Waals surface area contributed by atoms with Gasteiger partial charge < -0.3 is 4.74 Å². The zero-order valence-electron chi connectivity index (χ0n) is 24.1. The summed E-state index contributed by atoms with van der Waals surface area (Å²) in [6, 6.07) is 43.0. The van der Waals surface area contributed by atoms with E-state index in [9.17, 15) is 9.59 Å². The van der Waals surface area contributed by atoms with Crippen LogP contribution in [0.2, 0.25) is 0 Å². The molecular weight excluding hydrogens is 528 g/mol. The average Bonchev–Trinajstić information content (AvgIpc) is 3.27. The lowest BCUT2D eigenvalue weighted by atomic mass is 9.73. The lowest BCUT2D eigenvalue weighted by Gasteiger charge is -2.30. The first-order valence-corrected chi connectivity index (χ1v) is 14.9. The number of cyclic esters (lactones) is 2. The highest BCUT2D eigenvalue weighted by molar-refractivity contribution is 5.96. The summed E-state index contributed by atoms with van der Waals surface area (Å²) in [5.74, 6) is -0.412. The minimum atomic E-state index is -0.410. The van der Waals surface area contributed by atoms with Gasteiger partial charge in [0.15, 0.2) is 0 Å². The van der Waals surface area contributed by atoms with Crippen LogP contribution in [-0.2, 0) is 14.3 Å². The van der Waals surface area contributed by atoms with Crippen molar-refractivity contribution in [3.63, 3.8) is 0 Å². The van der Waals surface area contributed by atoms with Crippen molar-refractivity contribution in [3.8, 4) is 0 Å². The van der Waals surface area contributed by atoms with Gasteiger partial charge in [0.2, 0.25) is 0 Å². The first-order valence-electron chi connectivity index (χ1n) is 14.9. The molecule has 0 aliphatic carbocycles. The highest BCUT2D eigenvalue weighted by Gasteiger charge is 2.42. The van der Waals surface area contributed by atoms with Crippen LogP contribution in [-0.4, -0.2) is 11.9 Å². The molecule has 0 bridgehead atoms. The van der Waals surface area contributed by atoms with Crippen LogP contribution in [0.25, 0.3) is 0 Å². The van der Waals surface area contributed by atoms with Gasteiger partial charge in [-0.15, -0.1) is 0 Å². The quantitative estimate of drug-likeness (QED) is 0.124. The number of hydrogen-bond donors (Lipinski definition) is 0. The molecule has 0 aromatic heterocycles. The predicted molar refractivity (Wildman–Crippen MR) is 178 cm³/mol. The van der Waals surface area contributed by atoms with E-state index in [4.69, 9.17) is 4.74 Å². The van der Waals surface area contributed by atoms with Crippen LogP contribution in [0.5, 0.6) is 0 Å². The third-order valence-corrected chi connectivity index (χ3v) is 8.98. The molecule has 1 heterocycles. The second-order valence-corrected chi connectivity index (χ2v) is 11.7. The molecule has 0 spiro atoms. The zero-order valence-corrected chi connectivity index (χ0v) is 24.1. The van der Waals surface area contributed by atoms with Crippen LogP contribution in [0.3, 0.4) is 0 Å². The van der Waals surface area contributed by atoms with Gasteiger partial charge in [-0.2, -0.15) is 0 Å². The van der Waals surface area contributed by atoms with Gasteiger partial charge in [0.25, 0.3) is 0 Å². The molecule has 3 nitrogen and oxygen atoms in total. The van der Waals surface area contributed by atoms with Crippen LogP contribution >= 0.6 is 0 Å². The van der Waals surface area contributed by atoms with Crippen molar-refractivity contribution in [2.24, 2.45) is 11.8 Å².